The van der Waals surface area contributed by atoms with Gasteiger partial charge in [0.25, 0.3) is 0 Å². The molecule has 2 aromatic carbocycles. The number of hydrogen-bond acceptors (Lipinski definition) is 2. The first-order valence-electron chi connectivity index (χ1n) is 6.54. The number of halogens is 2. The highest BCUT2D eigenvalue weighted by atomic mass is 19.3. The largest absolute Gasteiger partial charge is 0.434 e. The summed E-state index contributed by atoms with van der Waals surface area (Å²) >= 11 is 0. The normalized spacial score (nSPS) is 10.6. The lowest BCUT2D eigenvalue weighted by atomic mass is 10.1. The van der Waals surface area contributed by atoms with E-state index in [0.717, 1.165) is 12.1 Å². The molecule has 4 heteroatoms. The zero-order valence-electron chi connectivity index (χ0n) is 11.3. The lowest BCUT2D eigenvalue weighted by molar-refractivity contribution is -0.0504. The van der Waals surface area contributed by atoms with Crippen molar-refractivity contribution in [3.63, 3.8) is 0 Å². The Kier molecular flexibility index (Phi) is 4.93. The minimum atomic E-state index is -2.81. The van der Waals surface area contributed by atoms with Crippen LogP contribution in [0.5, 0.6) is 5.75 Å². The second-order valence-electron chi connectivity index (χ2n) is 4.39. The number of hydrogen-bond donors (Lipinski definition) is 1. The van der Waals surface area contributed by atoms with Gasteiger partial charge in [0.2, 0.25) is 0 Å². The molecule has 1 N–H and O–H groups in total. The van der Waals surface area contributed by atoms with E-state index in [4.69, 9.17) is 0 Å². The maximum absolute atomic E-state index is 12.3. The van der Waals surface area contributed by atoms with Gasteiger partial charge in [0.1, 0.15) is 5.75 Å². The molecule has 0 fully saturated rings. The Labute approximate surface area is 117 Å². The fourth-order valence-electron chi connectivity index (χ4n) is 1.96. The highest BCUT2D eigenvalue weighted by molar-refractivity contribution is 5.47. The molecule has 2 aromatic rings. The van der Waals surface area contributed by atoms with Gasteiger partial charge in [-0.25, -0.2) is 0 Å². The number of benzene rings is 2. The Morgan fingerprint density at radius 2 is 1.90 bits per heavy atom. The molecule has 0 atom stereocenters. The van der Waals surface area contributed by atoms with Crippen molar-refractivity contribution in [1.29, 1.82) is 0 Å². The lowest BCUT2D eigenvalue weighted by Crippen LogP contribution is -2.07. The minimum absolute atomic E-state index is 0.210. The first-order chi connectivity index (χ1) is 9.69. The SMILES string of the molecule is CCc1cccc(NCc2ccccc2OC(F)F)c1. The Morgan fingerprint density at radius 3 is 2.65 bits per heavy atom. The molecule has 0 bridgehead atoms. The summed E-state index contributed by atoms with van der Waals surface area (Å²) in [5, 5.41) is 3.22. The summed E-state index contributed by atoms with van der Waals surface area (Å²) in [4.78, 5) is 0. The van der Waals surface area contributed by atoms with Crippen molar-refractivity contribution in [1.82, 2.24) is 0 Å². The lowest BCUT2D eigenvalue weighted by Gasteiger charge is -2.12. The monoisotopic (exact) mass is 277 g/mol. The number of ether oxygens (including phenoxy) is 1. The Balaban J connectivity index is 2.06. The molecule has 0 unspecified atom stereocenters. The van der Waals surface area contributed by atoms with Crippen molar-refractivity contribution in [3.05, 3.63) is 59.7 Å². The summed E-state index contributed by atoms with van der Waals surface area (Å²) in [6.45, 7) is -0.277. The van der Waals surface area contributed by atoms with E-state index in [9.17, 15) is 8.78 Å². The second kappa shape index (κ2) is 6.89. The second-order valence-corrected chi connectivity index (χ2v) is 4.39. The zero-order chi connectivity index (χ0) is 14.4. The third kappa shape index (κ3) is 3.95. The van der Waals surface area contributed by atoms with Crippen LogP contribution in [-0.4, -0.2) is 6.61 Å². The van der Waals surface area contributed by atoms with E-state index in [1.165, 1.54) is 5.56 Å². The zero-order valence-corrected chi connectivity index (χ0v) is 11.3. The van der Waals surface area contributed by atoms with Gasteiger partial charge < -0.3 is 10.1 Å². The molecular weight excluding hydrogens is 260 g/mol. The Hall–Kier alpha value is -2.10. The molecule has 0 heterocycles. The smallest absolute Gasteiger partial charge is 0.387 e. The van der Waals surface area contributed by atoms with Crippen LogP contribution < -0.4 is 10.1 Å². The van der Waals surface area contributed by atoms with Gasteiger partial charge >= 0.3 is 6.61 Å². The number of anilines is 1. The molecule has 0 aromatic heterocycles. The van der Waals surface area contributed by atoms with E-state index < -0.39 is 6.61 Å². The maximum atomic E-state index is 12.3. The van der Waals surface area contributed by atoms with Gasteiger partial charge in [0, 0.05) is 17.8 Å². The fourth-order valence-corrected chi connectivity index (χ4v) is 1.96. The first-order valence-corrected chi connectivity index (χ1v) is 6.54. The molecule has 0 aliphatic heterocycles. The van der Waals surface area contributed by atoms with Gasteiger partial charge in [-0.3, -0.25) is 0 Å². The molecule has 0 spiro atoms. The van der Waals surface area contributed by atoms with Gasteiger partial charge in [-0.2, -0.15) is 8.78 Å². The van der Waals surface area contributed by atoms with E-state index in [1.54, 1.807) is 24.3 Å². The number of nitrogens with one attached hydrogen (secondary N) is 1. The van der Waals surface area contributed by atoms with Crippen molar-refractivity contribution >= 4 is 5.69 Å². The van der Waals surface area contributed by atoms with Crippen LogP contribution in [0.3, 0.4) is 0 Å². The van der Waals surface area contributed by atoms with Crippen LogP contribution in [0.1, 0.15) is 18.1 Å². The number of aryl methyl sites for hydroxylation is 1. The van der Waals surface area contributed by atoms with E-state index in [0.29, 0.717) is 12.1 Å². The highest BCUT2D eigenvalue weighted by Gasteiger charge is 2.08. The topological polar surface area (TPSA) is 21.3 Å². The molecule has 0 saturated heterocycles. The molecule has 0 aliphatic rings. The van der Waals surface area contributed by atoms with Crippen LogP contribution in [0.15, 0.2) is 48.5 Å². The quantitative estimate of drug-likeness (QED) is 0.841. The molecular formula is C16H17F2NO. The van der Waals surface area contributed by atoms with Gasteiger partial charge in [-0.1, -0.05) is 37.3 Å². The van der Waals surface area contributed by atoms with E-state index in [1.807, 2.05) is 12.1 Å². The Morgan fingerprint density at radius 1 is 1.10 bits per heavy atom. The molecule has 20 heavy (non-hydrogen) atoms. The summed E-state index contributed by atoms with van der Waals surface area (Å²) in [6, 6.07) is 14.8. The van der Waals surface area contributed by atoms with Crippen LogP contribution in [0.4, 0.5) is 14.5 Å². The fraction of sp³-hybridized carbons (Fsp3) is 0.250. The summed E-state index contributed by atoms with van der Waals surface area (Å²) in [7, 11) is 0. The predicted octanol–water partition coefficient (Wildman–Crippen LogP) is 4.46. The van der Waals surface area contributed by atoms with Crippen LogP contribution in [0.2, 0.25) is 0 Å². The number of para-hydroxylation sites is 1. The van der Waals surface area contributed by atoms with Crippen molar-refractivity contribution < 1.29 is 13.5 Å². The third-order valence-corrected chi connectivity index (χ3v) is 3.01. The van der Waals surface area contributed by atoms with E-state index in [2.05, 4.69) is 29.1 Å². The van der Waals surface area contributed by atoms with Crippen molar-refractivity contribution in [2.75, 3.05) is 5.32 Å². The summed E-state index contributed by atoms with van der Waals surface area (Å²) in [5.74, 6) is 0.210. The molecule has 2 rings (SSSR count). The molecule has 0 aliphatic carbocycles. The number of alkyl halides is 2. The van der Waals surface area contributed by atoms with Gasteiger partial charge in [-0.15, -0.1) is 0 Å². The maximum Gasteiger partial charge on any atom is 0.387 e. The third-order valence-electron chi connectivity index (χ3n) is 3.01. The molecule has 0 amide bonds. The van der Waals surface area contributed by atoms with Crippen LogP contribution in [-0.2, 0) is 13.0 Å². The van der Waals surface area contributed by atoms with Crippen molar-refractivity contribution in [2.45, 2.75) is 26.5 Å². The summed E-state index contributed by atoms with van der Waals surface area (Å²) in [5.41, 5.74) is 2.90. The average molecular weight is 277 g/mol. The van der Waals surface area contributed by atoms with Crippen LogP contribution in [0, 0.1) is 0 Å². The number of rotatable bonds is 6. The van der Waals surface area contributed by atoms with E-state index in [-0.39, 0.29) is 5.75 Å². The van der Waals surface area contributed by atoms with Crippen molar-refractivity contribution in [3.8, 4) is 5.75 Å². The average Bonchev–Trinajstić information content (AvgIpc) is 2.46. The van der Waals surface area contributed by atoms with E-state index >= 15 is 0 Å². The molecule has 0 saturated carbocycles. The highest BCUT2D eigenvalue weighted by Crippen LogP contribution is 2.21. The minimum Gasteiger partial charge on any atom is -0.434 e. The van der Waals surface area contributed by atoms with Gasteiger partial charge in [0.15, 0.2) is 0 Å². The molecule has 2 nitrogen and oxygen atoms in total. The summed E-state index contributed by atoms with van der Waals surface area (Å²) in [6.07, 6.45) is 0.959. The summed E-state index contributed by atoms with van der Waals surface area (Å²) < 4.78 is 29.1. The predicted molar refractivity (Wildman–Crippen MR) is 76.2 cm³/mol. The molecule has 0 radical (unpaired) electrons. The van der Waals surface area contributed by atoms with Crippen LogP contribution >= 0.6 is 0 Å². The first kappa shape index (κ1) is 14.3. The standard InChI is InChI=1S/C16H17F2NO/c1-2-12-6-5-8-14(10-12)19-11-13-7-3-4-9-15(13)20-16(17)18/h3-10,16,19H,2,11H2,1H3. The van der Waals surface area contributed by atoms with Crippen LogP contribution in [0.25, 0.3) is 0 Å². The van der Waals surface area contributed by atoms with Gasteiger partial charge in [0.05, 0.1) is 0 Å². The Bertz CT molecular complexity index is 558. The van der Waals surface area contributed by atoms with Gasteiger partial charge in [-0.05, 0) is 30.2 Å². The molecule has 106 valence electrons. The van der Waals surface area contributed by atoms with Crippen molar-refractivity contribution in [2.24, 2.45) is 0 Å².